The Labute approximate surface area is 112 Å². The smallest absolute Gasteiger partial charge is 0.166 e. The number of benzene rings is 1. The molecule has 0 amide bonds. The van der Waals surface area contributed by atoms with Crippen LogP contribution in [0.5, 0.6) is 0 Å². The van der Waals surface area contributed by atoms with Crippen LogP contribution in [-0.2, 0) is 0 Å². The van der Waals surface area contributed by atoms with E-state index in [4.69, 9.17) is 5.73 Å². The number of nitrogens with two attached hydrogens (primary N) is 1. The second-order valence-corrected chi connectivity index (χ2v) is 5.39. The van der Waals surface area contributed by atoms with Gasteiger partial charge in [-0.2, -0.15) is 0 Å². The first-order valence-corrected chi connectivity index (χ1v) is 6.88. The minimum Gasteiger partial charge on any atom is -0.328 e. The number of carbonyl (C=O) groups is 1. The summed E-state index contributed by atoms with van der Waals surface area (Å²) in [5.41, 5.74) is 6.79. The number of Topliss-reactive ketones (excluding diaryl/α,β-unsaturated/α-hetero) is 1. The van der Waals surface area contributed by atoms with E-state index in [2.05, 4.69) is 4.98 Å². The number of aromatic nitrogens is 1. The van der Waals surface area contributed by atoms with Gasteiger partial charge in [-0.15, -0.1) is 0 Å². The third kappa shape index (κ3) is 2.38. The first-order valence-electron chi connectivity index (χ1n) is 6.88. The summed E-state index contributed by atoms with van der Waals surface area (Å²) >= 11 is 0. The van der Waals surface area contributed by atoms with Crippen LogP contribution in [0.2, 0.25) is 0 Å². The zero-order valence-electron chi connectivity index (χ0n) is 10.9. The molecule has 3 heteroatoms. The molecule has 0 spiro atoms. The number of carbonyl (C=O) groups excluding carboxylic acids is 1. The highest BCUT2D eigenvalue weighted by atomic mass is 16.1. The molecule has 0 aliphatic heterocycles. The predicted octanol–water partition coefficient (Wildman–Crippen LogP) is 2.94. The third-order valence-electron chi connectivity index (χ3n) is 4.03. The Bertz CT molecular complexity index is 603. The Balaban J connectivity index is 1.97. The highest BCUT2D eigenvalue weighted by molar-refractivity contribution is 6.08. The Morgan fingerprint density at radius 3 is 3.00 bits per heavy atom. The third-order valence-corrected chi connectivity index (χ3v) is 4.03. The van der Waals surface area contributed by atoms with Gasteiger partial charge >= 0.3 is 0 Å². The van der Waals surface area contributed by atoms with Gasteiger partial charge in [-0.3, -0.25) is 9.78 Å². The van der Waals surface area contributed by atoms with Crippen molar-refractivity contribution in [2.75, 3.05) is 0 Å². The van der Waals surface area contributed by atoms with E-state index < -0.39 is 0 Å². The fraction of sp³-hybridized carbons (Fsp3) is 0.375. The summed E-state index contributed by atoms with van der Waals surface area (Å²) < 4.78 is 0. The molecule has 2 N–H and O–H groups in total. The van der Waals surface area contributed by atoms with E-state index in [0.717, 1.165) is 42.0 Å². The lowest BCUT2D eigenvalue weighted by Gasteiger charge is -2.25. The minimum absolute atomic E-state index is 0.0783. The first kappa shape index (κ1) is 12.3. The topological polar surface area (TPSA) is 56.0 Å². The van der Waals surface area contributed by atoms with Gasteiger partial charge in [0.1, 0.15) is 0 Å². The van der Waals surface area contributed by atoms with Crippen LogP contribution in [0.15, 0.2) is 36.7 Å². The normalized spacial score (nSPS) is 23.4. The van der Waals surface area contributed by atoms with E-state index in [1.165, 1.54) is 0 Å². The molecule has 2 atom stereocenters. The van der Waals surface area contributed by atoms with Crippen LogP contribution in [0, 0.1) is 5.92 Å². The Hall–Kier alpha value is -1.74. The molecule has 1 aliphatic rings. The summed E-state index contributed by atoms with van der Waals surface area (Å²) in [7, 11) is 0. The van der Waals surface area contributed by atoms with E-state index in [1.54, 1.807) is 12.4 Å². The largest absolute Gasteiger partial charge is 0.328 e. The van der Waals surface area contributed by atoms with Gasteiger partial charge in [-0.05, 0) is 30.7 Å². The zero-order chi connectivity index (χ0) is 13.2. The van der Waals surface area contributed by atoms with Crippen LogP contribution >= 0.6 is 0 Å². The quantitative estimate of drug-likeness (QED) is 0.838. The zero-order valence-corrected chi connectivity index (χ0v) is 10.9. The highest BCUT2D eigenvalue weighted by Gasteiger charge is 2.26. The van der Waals surface area contributed by atoms with Gasteiger partial charge < -0.3 is 5.73 Å². The van der Waals surface area contributed by atoms with Crippen molar-refractivity contribution in [2.45, 2.75) is 31.7 Å². The van der Waals surface area contributed by atoms with E-state index >= 15 is 0 Å². The van der Waals surface area contributed by atoms with Gasteiger partial charge in [0, 0.05) is 35.3 Å². The second-order valence-electron chi connectivity index (χ2n) is 5.39. The van der Waals surface area contributed by atoms with Crippen molar-refractivity contribution < 1.29 is 4.79 Å². The number of hydrogen-bond acceptors (Lipinski definition) is 3. The van der Waals surface area contributed by atoms with Crippen molar-refractivity contribution in [3.05, 3.63) is 42.2 Å². The van der Waals surface area contributed by atoms with E-state index in [1.807, 2.05) is 24.3 Å². The maximum Gasteiger partial charge on any atom is 0.166 e. The molecule has 1 aromatic heterocycles. The molecule has 1 aromatic carbocycles. The lowest BCUT2D eigenvalue weighted by molar-refractivity contribution is 0.0883. The Kier molecular flexibility index (Phi) is 3.30. The molecule has 3 nitrogen and oxygen atoms in total. The average Bonchev–Trinajstić information content (AvgIpc) is 2.46. The molecule has 1 saturated carbocycles. The molecule has 1 aliphatic carbocycles. The van der Waals surface area contributed by atoms with Crippen LogP contribution in [0.3, 0.4) is 0 Å². The van der Waals surface area contributed by atoms with Gasteiger partial charge in [0.2, 0.25) is 0 Å². The molecule has 1 heterocycles. The number of ketones is 1. The molecule has 19 heavy (non-hydrogen) atoms. The van der Waals surface area contributed by atoms with Gasteiger partial charge in [0.15, 0.2) is 5.78 Å². The molecule has 98 valence electrons. The Morgan fingerprint density at radius 1 is 1.26 bits per heavy atom. The fourth-order valence-electron chi connectivity index (χ4n) is 3.01. The van der Waals surface area contributed by atoms with Crippen LogP contribution in [0.1, 0.15) is 36.0 Å². The molecule has 0 radical (unpaired) electrons. The van der Waals surface area contributed by atoms with E-state index in [0.29, 0.717) is 0 Å². The van der Waals surface area contributed by atoms with Crippen molar-refractivity contribution in [3.8, 4) is 0 Å². The molecule has 2 aromatic rings. The van der Waals surface area contributed by atoms with Gasteiger partial charge in [-0.1, -0.05) is 24.6 Å². The standard InChI is InChI=1S/C16H18N2O/c17-13-5-1-4-12(9-13)16(19)14-6-2-3-11-7-8-18-10-15(11)14/h2-3,6-8,10,12-13H,1,4-5,9,17H2. The van der Waals surface area contributed by atoms with Crippen LogP contribution in [0.25, 0.3) is 10.8 Å². The van der Waals surface area contributed by atoms with Gasteiger partial charge in [0.05, 0.1) is 0 Å². The van der Waals surface area contributed by atoms with Crippen LogP contribution in [-0.4, -0.2) is 16.8 Å². The number of pyridine rings is 1. The average molecular weight is 254 g/mol. The molecule has 1 fully saturated rings. The summed E-state index contributed by atoms with van der Waals surface area (Å²) in [5, 5.41) is 2.02. The van der Waals surface area contributed by atoms with Crippen molar-refractivity contribution in [1.29, 1.82) is 0 Å². The summed E-state index contributed by atoms with van der Waals surface area (Å²) in [6.45, 7) is 0. The van der Waals surface area contributed by atoms with Crippen molar-refractivity contribution in [2.24, 2.45) is 11.7 Å². The van der Waals surface area contributed by atoms with Crippen LogP contribution in [0.4, 0.5) is 0 Å². The van der Waals surface area contributed by atoms with Crippen LogP contribution < -0.4 is 5.73 Å². The molecule has 0 bridgehead atoms. The minimum atomic E-state index is 0.0783. The maximum absolute atomic E-state index is 12.7. The lowest BCUT2D eigenvalue weighted by atomic mass is 9.81. The fourth-order valence-corrected chi connectivity index (χ4v) is 3.01. The summed E-state index contributed by atoms with van der Waals surface area (Å²) in [5.74, 6) is 0.309. The molecular formula is C16H18N2O. The Morgan fingerprint density at radius 2 is 2.16 bits per heavy atom. The first-order chi connectivity index (χ1) is 9.25. The van der Waals surface area contributed by atoms with Crippen molar-refractivity contribution >= 4 is 16.6 Å². The number of rotatable bonds is 2. The van der Waals surface area contributed by atoms with Gasteiger partial charge in [-0.25, -0.2) is 0 Å². The lowest BCUT2D eigenvalue weighted by Crippen LogP contribution is -2.31. The predicted molar refractivity (Wildman–Crippen MR) is 76.0 cm³/mol. The second kappa shape index (κ2) is 5.10. The number of nitrogens with zero attached hydrogens (tertiary/aromatic N) is 1. The molecule has 0 saturated heterocycles. The van der Waals surface area contributed by atoms with Crippen molar-refractivity contribution in [1.82, 2.24) is 4.98 Å². The maximum atomic E-state index is 12.7. The summed E-state index contributed by atoms with van der Waals surface area (Å²) in [6.07, 6.45) is 7.42. The number of hydrogen-bond donors (Lipinski definition) is 1. The summed E-state index contributed by atoms with van der Waals surface area (Å²) in [4.78, 5) is 16.8. The highest BCUT2D eigenvalue weighted by Crippen LogP contribution is 2.29. The van der Waals surface area contributed by atoms with Gasteiger partial charge in [0.25, 0.3) is 0 Å². The van der Waals surface area contributed by atoms with Crippen molar-refractivity contribution in [3.63, 3.8) is 0 Å². The summed E-state index contributed by atoms with van der Waals surface area (Å²) in [6, 6.07) is 7.99. The van der Waals surface area contributed by atoms with E-state index in [-0.39, 0.29) is 17.7 Å². The monoisotopic (exact) mass is 254 g/mol. The number of fused-ring (bicyclic) bond motifs is 1. The molecule has 3 rings (SSSR count). The molecule has 2 unspecified atom stereocenters. The molecular weight excluding hydrogens is 236 g/mol. The SMILES string of the molecule is NC1CCCC(C(=O)c2cccc3ccncc23)C1. The van der Waals surface area contributed by atoms with E-state index in [9.17, 15) is 4.79 Å².